The lowest BCUT2D eigenvalue weighted by Gasteiger charge is -2.30. The van der Waals surface area contributed by atoms with Gasteiger partial charge in [0, 0.05) is 25.6 Å². The molecule has 0 fully saturated rings. The largest absolute Gasteiger partial charge is 0.495 e. The molecule has 0 saturated carbocycles. The van der Waals surface area contributed by atoms with Gasteiger partial charge in [-0.05, 0) is 50.8 Å². The van der Waals surface area contributed by atoms with E-state index < -0.39 is 16.1 Å². The summed E-state index contributed by atoms with van der Waals surface area (Å²) >= 11 is 0. The molecular formula is C27H39N3O5S. The fourth-order valence-electron chi connectivity index (χ4n) is 3.85. The maximum absolute atomic E-state index is 13.3. The number of carbonyl (C=O) groups excluding carboxylic acids is 2. The topological polar surface area (TPSA) is 96.0 Å². The van der Waals surface area contributed by atoms with Crippen molar-refractivity contribution in [2.45, 2.75) is 58.5 Å². The van der Waals surface area contributed by atoms with E-state index in [1.807, 2.05) is 44.2 Å². The van der Waals surface area contributed by atoms with Gasteiger partial charge in [-0.1, -0.05) is 49.4 Å². The Morgan fingerprint density at radius 3 is 2.25 bits per heavy atom. The van der Waals surface area contributed by atoms with Gasteiger partial charge >= 0.3 is 0 Å². The summed E-state index contributed by atoms with van der Waals surface area (Å²) in [6.45, 7) is 6.16. The van der Waals surface area contributed by atoms with E-state index in [4.69, 9.17) is 4.74 Å². The molecule has 2 unspecified atom stereocenters. The fraction of sp³-hybridized carbons (Fsp3) is 0.481. The minimum atomic E-state index is -3.60. The molecule has 1 N–H and O–H groups in total. The van der Waals surface area contributed by atoms with Crippen molar-refractivity contribution in [3.05, 3.63) is 60.2 Å². The van der Waals surface area contributed by atoms with E-state index in [9.17, 15) is 18.0 Å². The summed E-state index contributed by atoms with van der Waals surface area (Å²) in [5.41, 5.74) is 1.50. The molecule has 0 saturated heterocycles. The highest BCUT2D eigenvalue weighted by molar-refractivity contribution is 7.92. The zero-order chi connectivity index (χ0) is 26.7. The molecule has 0 aliphatic carbocycles. The Balaban J connectivity index is 2.14. The summed E-state index contributed by atoms with van der Waals surface area (Å²) < 4.78 is 31.6. The van der Waals surface area contributed by atoms with E-state index in [0.717, 1.165) is 18.2 Å². The Hall–Kier alpha value is -3.07. The molecule has 0 aliphatic rings. The average Bonchev–Trinajstić information content (AvgIpc) is 2.86. The number of para-hydroxylation sites is 2. The molecule has 0 aliphatic heterocycles. The molecule has 198 valence electrons. The molecule has 0 aromatic heterocycles. The number of ether oxygens (including phenoxy) is 1. The van der Waals surface area contributed by atoms with Crippen LogP contribution >= 0.6 is 0 Å². The first-order valence-electron chi connectivity index (χ1n) is 12.3. The number of rotatable bonds is 14. The van der Waals surface area contributed by atoms with E-state index >= 15 is 0 Å². The molecule has 2 aromatic rings. The Morgan fingerprint density at radius 1 is 1.00 bits per heavy atom. The molecule has 0 bridgehead atoms. The van der Waals surface area contributed by atoms with E-state index in [1.54, 1.807) is 36.1 Å². The summed E-state index contributed by atoms with van der Waals surface area (Å²) in [7, 11) is -2.11. The van der Waals surface area contributed by atoms with Crippen LogP contribution in [0, 0.1) is 0 Å². The molecule has 9 heteroatoms. The number of amides is 2. The number of nitrogens with zero attached hydrogens (tertiary/aromatic N) is 2. The lowest BCUT2D eigenvalue weighted by Crippen LogP contribution is -2.50. The van der Waals surface area contributed by atoms with Crippen molar-refractivity contribution < 1.29 is 22.7 Å². The van der Waals surface area contributed by atoms with E-state index in [-0.39, 0.29) is 30.8 Å². The Labute approximate surface area is 215 Å². The molecule has 2 atom stereocenters. The number of hydrogen-bond acceptors (Lipinski definition) is 5. The maximum atomic E-state index is 13.3. The normalized spacial score (nSPS) is 12.9. The van der Waals surface area contributed by atoms with Gasteiger partial charge in [0.1, 0.15) is 11.8 Å². The first kappa shape index (κ1) is 29.2. The van der Waals surface area contributed by atoms with E-state index in [1.165, 1.54) is 11.4 Å². The second-order valence-corrected chi connectivity index (χ2v) is 10.8. The van der Waals surface area contributed by atoms with Gasteiger partial charge < -0.3 is 15.0 Å². The summed E-state index contributed by atoms with van der Waals surface area (Å²) in [4.78, 5) is 27.7. The number of benzene rings is 2. The number of sulfonamides is 1. The van der Waals surface area contributed by atoms with Crippen LogP contribution in [0.25, 0.3) is 0 Å². The number of anilines is 1. The SMILES string of the molecule is CCC(C)NC(=O)C(C)N(CCc1ccccc1)C(=O)CCCN(c1ccccc1OC)S(C)(=O)=O. The number of carbonyl (C=O) groups is 2. The van der Waals surface area contributed by atoms with Crippen molar-refractivity contribution >= 4 is 27.5 Å². The third kappa shape index (κ3) is 8.55. The van der Waals surface area contributed by atoms with Gasteiger partial charge in [-0.15, -0.1) is 0 Å². The first-order valence-corrected chi connectivity index (χ1v) is 14.2. The first-order chi connectivity index (χ1) is 17.1. The minimum Gasteiger partial charge on any atom is -0.495 e. The van der Waals surface area contributed by atoms with E-state index in [2.05, 4.69) is 5.32 Å². The predicted molar refractivity (Wildman–Crippen MR) is 144 cm³/mol. The molecule has 0 spiro atoms. The molecular weight excluding hydrogens is 478 g/mol. The highest BCUT2D eigenvalue weighted by Crippen LogP contribution is 2.29. The second-order valence-electron chi connectivity index (χ2n) is 8.93. The van der Waals surface area contributed by atoms with Gasteiger partial charge in [0.2, 0.25) is 21.8 Å². The van der Waals surface area contributed by atoms with Gasteiger partial charge in [0.25, 0.3) is 0 Å². The Kier molecular flexibility index (Phi) is 11.2. The average molecular weight is 518 g/mol. The van der Waals surface area contributed by atoms with Crippen molar-refractivity contribution in [2.24, 2.45) is 0 Å². The van der Waals surface area contributed by atoms with Crippen LogP contribution < -0.4 is 14.4 Å². The molecule has 0 heterocycles. The van der Waals surface area contributed by atoms with Crippen LogP contribution in [0.1, 0.15) is 45.6 Å². The highest BCUT2D eigenvalue weighted by atomic mass is 32.2. The summed E-state index contributed by atoms with van der Waals surface area (Å²) in [5.74, 6) is 0.0535. The Bertz CT molecular complexity index is 1090. The summed E-state index contributed by atoms with van der Waals surface area (Å²) in [6.07, 6.45) is 2.95. The number of nitrogens with one attached hydrogen (secondary N) is 1. The maximum Gasteiger partial charge on any atom is 0.242 e. The molecule has 2 rings (SSSR count). The van der Waals surface area contributed by atoms with Gasteiger partial charge in [0.15, 0.2) is 0 Å². The van der Waals surface area contributed by atoms with Crippen LogP contribution in [-0.4, -0.2) is 63.7 Å². The summed E-state index contributed by atoms with van der Waals surface area (Å²) in [5, 5.41) is 2.96. The lowest BCUT2D eigenvalue weighted by molar-refractivity contribution is -0.140. The van der Waals surface area contributed by atoms with Crippen LogP contribution in [0.3, 0.4) is 0 Å². The van der Waals surface area contributed by atoms with Crippen LogP contribution in [0.4, 0.5) is 5.69 Å². The zero-order valence-electron chi connectivity index (χ0n) is 21.9. The molecule has 2 amide bonds. The standard InChI is InChI=1S/C27H39N3O5S/c1-6-21(2)28-27(32)22(3)29(20-18-23-13-8-7-9-14-23)26(31)17-12-19-30(36(5,33)34)24-15-10-11-16-25(24)35-4/h7-11,13-16,21-22H,6,12,17-20H2,1-5H3,(H,28,32). The third-order valence-corrected chi connectivity index (χ3v) is 7.34. The van der Waals surface area contributed by atoms with Crippen molar-refractivity contribution in [2.75, 3.05) is 30.8 Å². The van der Waals surface area contributed by atoms with Crippen LogP contribution in [0.15, 0.2) is 54.6 Å². The molecule has 36 heavy (non-hydrogen) atoms. The van der Waals surface area contributed by atoms with E-state index in [0.29, 0.717) is 30.8 Å². The van der Waals surface area contributed by atoms with Crippen molar-refractivity contribution in [3.63, 3.8) is 0 Å². The monoisotopic (exact) mass is 517 g/mol. The quantitative estimate of drug-likeness (QED) is 0.413. The smallest absolute Gasteiger partial charge is 0.242 e. The van der Waals surface area contributed by atoms with Crippen LogP contribution in [0.5, 0.6) is 5.75 Å². The van der Waals surface area contributed by atoms with Crippen LogP contribution in [-0.2, 0) is 26.0 Å². The number of hydrogen-bond donors (Lipinski definition) is 1. The van der Waals surface area contributed by atoms with Crippen molar-refractivity contribution in [1.82, 2.24) is 10.2 Å². The molecule has 0 radical (unpaired) electrons. The highest BCUT2D eigenvalue weighted by Gasteiger charge is 2.27. The zero-order valence-corrected chi connectivity index (χ0v) is 22.8. The molecule has 8 nitrogen and oxygen atoms in total. The third-order valence-electron chi connectivity index (χ3n) is 6.16. The molecule has 2 aromatic carbocycles. The predicted octanol–water partition coefficient (Wildman–Crippen LogP) is 3.62. The minimum absolute atomic E-state index is 0.00944. The number of methoxy groups -OCH3 is 1. The van der Waals surface area contributed by atoms with Crippen molar-refractivity contribution in [1.29, 1.82) is 0 Å². The van der Waals surface area contributed by atoms with Gasteiger partial charge in [0.05, 0.1) is 19.1 Å². The van der Waals surface area contributed by atoms with Gasteiger partial charge in [-0.2, -0.15) is 0 Å². The lowest BCUT2D eigenvalue weighted by atomic mass is 10.1. The Morgan fingerprint density at radius 2 is 1.64 bits per heavy atom. The summed E-state index contributed by atoms with van der Waals surface area (Å²) in [6, 6.07) is 16.0. The fourth-order valence-corrected chi connectivity index (χ4v) is 4.82. The van der Waals surface area contributed by atoms with Crippen molar-refractivity contribution in [3.8, 4) is 5.75 Å². The second kappa shape index (κ2) is 13.9. The van der Waals surface area contributed by atoms with Crippen LogP contribution in [0.2, 0.25) is 0 Å². The van der Waals surface area contributed by atoms with Gasteiger partial charge in [-0.25, -0.2) is 8.42 Å². The van der Waals surface area contributed by atoms with Gasteiger partial charge in [-0.3, -0.25) is 13.9 Å².